The maximum absolute atomic E-state index is 11.1. The Bertz CT molecular complexity index is 493. The van der Waals surface area contributed by atoms with Crippen LogP contribution in [0.25, 0.3) is 6.08 Å². The summed E-state index contributed by atoms with van der Waals surface area (Å²) in [6.07, 6.45) is 0.789. The first-order valence-electron chi connectivity index (χ1n) is 5.05. The third-order valence-electron chi connectivity index (χ3n) is 2.36. The standard InChI is InChI=1S/C12H11NO3S/c1-7(14)9-4-2-8(3-5-9)6-10-11(15)13-12(16)17-10/h2-6,11,15H,1H3,(H,13,16)/b10-6-. The largest absolute Gasteiger partial charge is 0.369 e. The SMILES string of the molecule is CC(=O)c1ccc(/C=C2\SC(=O)NC2O)cc1. The molecule has 0 radical (unpaired) electrons. The zero-order valence-corrected chi connectivity index (χ0v) is 9.95. The summed E-state index contributed by atoms with van der Waals surface area (Å²) in [5, 5.41) is 11.6. The number of ketones is 1. The van der Waals surface area contributed by atoms with E-state index in [1.54, 1.807) is 30.3 Å². The average molecular weight is 249 g/mol. The molecule has 17 heavy (non-hydrogen) atoms. The summed E-state index contributed by atoms with van der Waals surface area (Å²) < 4.78 is 0. The van der Waals surface area contributed by atoms with Gasteiger partial charge in [0, 0.05) is 10.5 Å². The fourth-order valence-electron chi connectivity index (χ4n) is 1.46. The molecule has 1 aromatic rings. The number of hydrogen-bond donors (Lipinski definition) is 2. The molecule has 1 aliphatic heterocycles. The van der Waals surface area contributed by atoms with Crippen LogP contribution in [0.1, 0.15) is 22.8 Å². The van der Waals surface area contributed by atoms with E-state index in [1.165, 1.54) is 6.92 Å². The number of carbonyl (C=O) groups excluding carboxylic acids is 2. The van der Waals surface area contributed by atoms with Gasteiger partial charge in [-0.15, -0.1) is 0 Å². The normalized spacial score (nSPS) is 21.6. The minimum atomic E-state index is -0.931. The molecule has 88 valence electrons. The number of amides is 1. The Labute approximate surface area is 103 Å². The van der Waals surface area contributed by atoms with E-state index in [2.05, 4.69) is 5.32 Å². The van der Waals surface area contributed by atoms with Crippen LogP contribution < -0.4 is 5.32 Å². The van der Waals surface area contributed by atoms with Crippen molar-refractivity contribution in [1.82, 2.24) is 5.32 Å². The van der Waals surface area contributed by atoms with Crippen LogP contribution in [0.4, 0.5) is 4.79 Å². The molecule has 0 aliphatic carbocycles. The number of aliphatic hydroxyl groups excluding tert-OH is 1. The van der Waals surface area contributed by atoms with Crippen LogP contribution in [-0.2, 0) is 0 Å². The van der Waals surface area contributed by atoms with Crippen molar-refractivity contribution in [3.8, 4) is 0 Å². The Kier molecular flexibility index (Phi) is 3.31. The molecule has 1 aromatic carbocycles. The van der Waals surface area contributed by atoms with Crippen molar-refractivity contribution < 1.29 is 14.7 Å². The number of rotatable bonds is 2. The number of Topliss-reactive ketones (excluding diaryl/α,β-unsaturated/α-hetero) is 1. The van der Waals surface area contributed by atoms with Gasteiger partial charge in [0.05, 0.1) is 0 Å². The van der Waals surface area contributed by atoms with Crippen LogP contribution in [0.15, 0.2) is 29.2 Å². The molecule has 1 heterocycles. The minimum absolute atomic E-state index is 0.0105. The molecule has 0 aromatic heterocycles. The van der Waals surface area contributed by atoms with Gasteiger partial charge < -0.3 is 10.4 Å². The van der Waals surface area contributed by atoms with Gasteiger partial charge in [-0.05, 0) is 30.3 Å². The van der Waals surface area contributed by atoms with Crippen LogP contribution >= 0.6 is 11.8 Å². The zero-order valence-electron chi connectivity index (χ0n) is 9.14. The lowest BCUT2D eigenvalue weighted by Crippen LogP contribution is -2.24. The summed E-state index contributed by atoms with van der Waals surface area (Å²) in [5.74, 6) is 0.0105. The molecule has 2 N–H and O–H groups in total. The molecule has 4 nitrogen and oxygen atoms in total. The van der Waals surface area contributed by atoms with Crippen molar-refractivity contribution in [1.29, 1.82) is 0 Å². The van der Waals surface area contributed by atoms with Gasteiger partial charge in [-0.3, -0.25) is 9.59 Å². The lowest BCUT2D eigenvalue weighted by molar-refractivity contribution is 0.101. The molecule has 2 rings (SSSR count). The van der Waals surface area contributed by atoms with Crippen LogP contribution in [0.3, 0.4) is 0 Å². The molecule has 1 atom stereocenters. The van der Waals surface area contributed by atoms with Crippen LogP contribution in [0, 0.1) is 0 Å². The van der Waals surface area contributed by atoms with Gasteiger partial charge in [0.15, 0.2) is 12.0 Å². The summed E-state index contributed by atoms with van der Waals surface area (Å²) in [5.41, 5.74) is 1.48. The van der Waals surface area contributed by atoms with Gasteiger partial charge in [0.2, 0.25) is 0 Å². The van der Waals surface area contributed by atoms with Crippen LogP contribution in [0.2, 0.25) is 0 Å². The first kappa shape index (κ1) is 11.9. The average Bonchev–Trinajstić information content (AvgIpc) is 2.58. The molecule has 0 bridgehead atoms. The second-order valence-electron chi connectivity index (χ2n) is 3.66. The Hall–Kier alpha value is -1.59. The quantitative estimate of drug-likeness (QED) is 0.787. The van der Waals surface area contributed by atoms with Crippen molar-refractivity contribution in [2.24, 2.45) is 0 Å². The monoisotopic (exact) mass is 249 g/mol. The maximum atomic E-state index is 11.1. The highest BCUT2D eigenvalue weighted by Crippen LogP contribution is 2.28. The van der Waals surface area contributed by atoms with E-state index < -0.39 is 6.23 Å². The highest BCUT2D eigenvalue weighted by molar-refractivity contribution is 8.17. The van der Waals surface area contributed by atoms with E-state index in [0.717, 1.165) is 17.3 Å². The number of hydrogen-bond acceptors (Lipinski definition) is 4. The molecule has 0 spiro atoms. The lowest BCUT2D eigenvalue weighted by Gasteiger charge is -2.02. The van der Waals surface area contributed by atoms with E-state index in [9.17, 15) is 14.7 Å². The number of carbonyl (C=O) groups is 2. The third kappa shape index (κ3) is 2.75. The van der Waals surface area contributed by atoms with Crippen molar-refractivity contribution in [3.63, 3.8) is 0 Å². The van der Waals surface area contributed by atoms with Crippen molar-refractivity contribution in [2.75, 3.05) is 0 Å². The van der Waals surface area contributed by atoms with Crippen molar-refractivity contribution in [3.05, 3.63) is 40.3 Å². The summed E-state index contributed by atoms with van der Waals surface area (Å²) in [6.45, 7) is 1.51. The minimum Gasteiger partial charge on any atom is -0.369 e. The van der Waals surface area contributed by atoms with Gasteiger partial charge >= 0.3 is 0 Å². The molecule has 1 amide bonds. The Morgan fingerprint density at radius 2 is 2.06 bits per heavy atom. The zero-order chi connectivity index (χ0) is 12.4. The molecule has 1 unspecified atom stereocenters. The summed E-state index contributed by atoms with van der Waals surface area (Å²) >= 11 is 0.973. The van der Waals surface area contributed by atoms with Crippen molar-refractivity contribution >= 4 is 28.9 Å². The van der Waals surface area contributed by atoms with E-state index >= 15 is 0 Å². The molecular weight excluding hydrogens is 238 g/mol. The molecule has 1 saturated heterocycles. The highest BCUT2D eigenvalue weighted by Gasteiger charge is 2.25. The molecule has 0 saturated carbocycles. The second kappa shape index (κ2) is 4.73. The van der Waals surface area contributed by atoms with Gasteiger partial charge in [-0.1, -0.05) is 24.3 Å². The lowest BCUT2D eigenvalue weighted by atomic mass is 10.1. The summed E-state index contributed by atoms with van der Waals surface area (Å²) in [4.78, 5) is 22.6. The molecule has 1 fully saturated rings. The molecule has 5 heteroatoms. The van der Waals surface area contributed by atoms with Crippen molar-refractivity contribution in [2.45, 2.75) is 13.2 Å². The summed E-state index contributed by atoms with van der Waals surface area (Å²) in [7, 11) is 0. The van der Waals surface area contributed by atoms with E-state index in [0.29, 0.717) is 10.5 Å². The van der Waals surface area contributed by atoms with Gasteiger partial charge in [0.1, 0.15) is 0 Å². The van der Waals surface area contributed by atoms with Gasteiger partial charge in [0.25, 0.3) is 5.24 Å². The molecule has 1 aliphatic rings. The Morgan fingerprint density at radius 1 is 1.41 bits per heavy atom. The number of aliphatic hydroxyl groups is 1. The predicted octanol–water partition coefficient (Wildman–Crippen LogP) is 2.00. The topological polar surface area (TPSA) is 66.4 Å². The Morgan fingerprint density at radius 3 is 2.53 bits per heavy atom. The number of nitrogens with one attached hydrogen (secondary N) is 1. The number of benzene rings is 1. The van der Waals surface area contributed by atoms with E-state index in [1.807, 2.05) is 0 Å². The van der Waals surface area contributed by atoms with Gasteiger partial charge in [-0.25, -0.2) is 0 Å². The van der Waals surface area contributed by atoms with E-state index in [4.69, 9.17) is 0 Å². The van der Waals surface area contributed by atoms with Gasteiger partial charge in [-0.2, -0.15) is 0 Å². The second-order valence-corrected chi connectivity index (χ2v) is 4.71. The first-order chi connectivity index (χ1) is 8.06. The third-order valence-corrected chi connectivity index (χ3v) is 3.24. The maximum Gasteiger partial charge on any atom is 0.285 e. The number of thioether (sulfide) groups is 1. The van der Waals surface area contributed by atoms with Crippen LogP contribution in [0.5, 0.6) is 0 Å². The summed E-state index contributed by atoms with van der Waals surface area (Å²) in [6, 6.07) is 6.99. The highest BCUT2D eigenvalue weighted by atomic mass is 32.2. The Balaban J connectivity index is 2.21. The molecular formula is C12H11NO3S. The fraction of sp³-hybridized carbons (Fsp3) is 0.167. The predicted molar refractivity (Wildman–Crippen MR) is 66.6 cm³/mol. The van der Waals surface area contributed by atoms with Crippen LogP contribution in [-0.4, -0.2) is 22.4 Å². The fourth-order valence-corrected chi connectivity index (χ4v) is 2.21. The smallest absolute Gasteiger partial charge is 0.285 e. The first-order valence-corrected chi connectivity index (χ1v) is 5.87. The van der Waals surface area contributed by atoms with E-state index in [-0.39, 0.29) is 11.0 Å².